The fraction of sp³-hybridized carbons (Fsp3) is 0.350. The summed E-state index contributed by atoms with van der Waals surface area (Å²) in [7, 11) is 1.55. The summed E-state index contributed by atoms with van der Waals surface area (Å²) >= 11 is 12.1. The van der Waals surface area contributed by atoms with Crippen molar-refractivity contribution in [3.05, 3.63) is 58.1 Å². The van der Waals surface area contributed by atoms with Crippen LogP contribution in [0.15, 0.2) is 42.5 Å². The molecule has 0 saturated heterocycles. The van der Waals surface area contributed by atoms with Gasteiger partial charge in [-0.3, -0.25) is 0 Å². The Hall–Kier alpha value is -2.19. The van der Waals surface area contributed by atoms with Gasteiger partial charge in [-0.15, -0.1) is 0 Å². The van der Waals surface area contributed by atoms with E-state index in [1.807, 2.05) is 0 Å². The monoisotopic (exact) mass is 443 g/mol. The Balaban J connectivity index is 2.29. The van der Waals surface area contributed by atoms with Gasteiger partial charge in [-0.2, -0.15) is 0 Å². The maximum atomic E-state index is 11.6. The van der Waals surface area contributed by atoms with Crippen molar-refractivity contribution < 1.29 is 29.6 Å². The van der Waals surface area contributed by atoms with Gasteiger partial charge >= 0.3 is 6.09 Å². The zero-order valence-electron chi connectivity index (χ0n) is 15.8. The van der Waals surface area contributed by atoms with E-state index in [1.165, 1.54) is 12.1 Å². The molecule has 1 atom stereocenters. The lowest BCUT2D eigenvalue weighted by Crippen LogP contribution is -2.47. The van der Waals surface area contributed by atoms with Crippen LogP contribution in [0.5, 0.6) is 11.5 Å². The van der Waals surface area contributed by atoms with Crippen LogP contribution < -0.4 is 9.47 Å². The lowest BCUT2D eigenvalue weighted by molar-refractivity contribution is -0.0340. The van der Waals surface area contributed by atoms with Gasteiger partial charge in [0.15, 0.2) is 0 Å². The number of carboxylic acid groups (broad SMARTS) is 1. The van der Waals surface area contributed by atoms with Crippen molar-refractivity contribution >= 4 is 29.3 Å². The molecule has 0 aliphatic carbocycles. The van der Waals surface area contributed by atoms with Crippen molar-refractivity contribution in [3.63, 3.8) is 0 Å². The minimum absolute atomic E-state index is 0.0536. The number of hydrogen-bond acceptors (Lipinski definition) is 5. The van der Waals surface area contributed by atoms with Gasteiger partial charge in [0.1, 0.15) is 23.7 Å². The number of methoxy groups -OCH3 is 1. The predicted octanol–water partition coefficient (Wildman–Crippen LogP) is 3.63. The van der Waals surface area contributed by atoms with Gasteiger partial charge in [-0.25, -0.2) is 4.79 Å². The zero-order chi connectivity index (χ0) is 21.4. The van der Waals surface area contributed by atoms with E-state index in [-0.39, 0.29) is 37.7 Å². The van der Waals surface area contributed by atoms with E-state index in [0.717, 1.165) is 4.90 Å². The van der Waals surface area contributed by atoms with Crippen molar-refractivity contribution in [2.75, 3.05) is 33.4 Å². The Morgan fingerprint density at radius 2 is 1.76 bits per heavy atom. The Bertz CT molecular complexity index is 817. The number of hydrogen-bond donors (Lipinski definition) is 3. The first kappa shape index (κ1) is 23.1. The molecule has 3 N–H and O–H groups in total. The molecule has 1 amide bonds. The summed E-state index contributed by atoms with van der Waals surface area (Å²) in [6.07, 6.45) is -0.982. The van der Waals surface area contributed by atoms with Gasteiger partial charge in [-0.05, 0) is 48.4 Å². The van der Waals surface area contributed by atoms with Crippen LogP contribution in [0.1, 0.15) is 12.0 Å². The SMILES string of the molecule is COc1ccc(OCC(O)(CN(CCCO)C(=O)O)c2ccc(Cl)c(Cl)c2)cc1. The van der Waals surface area contributed by atoms with Gasteiger partial charge in [0.2, 0.25) is 0 Å². The van der Waals surface area contributed by atoms with Crippen LogP contribution >= 0.6 is 23.2 Å². The number of benzene rings is 2. The van der Waals surface area contributed by atoms with Crippen LogP contribution in [-0.4, -0.2) is 59.7 Å². The molecule has 0 heterocycles. The highest BCUT2D eigenvalue weighted by Gasteiger charge is 2.35. The molecule has 0 aliphatic rings. The average molecular weight is 444 g/mol. The molecular weight excluding hydrogens is 421 g/mol. The summed E-state index contributed by atoms with van der Waals surface area (Å²) in [6.45, 7) is -0.633. The first-order valence-corrected chi connectivity index (χ1v) is 9.58. The van der Waals surface area contributed by atoms with Gasteiger partial charge < -0.3 is 29.7 Å². The smallest absolute Gasteiger partial charge is 0.407 e. The third-order valence-electron chi connectivity index (χ3n) is 4.30. The van der Waals surface area contributed by atoms with Crippen LogP contribution in [-0.2, 0) is 5.60 Å². The van der Waals surface area contributed by atoms with Crippen molar-refractivity contribution in [3.8, 4) is 11.5 Å². The maximum Gasteiger partial charge on any atom is 0.407 e. The fourth-order valence-corrected chi connectivity index (χ4v) is 3.00. The number of nitrogens with zero attached hydrogens (tertiary/aromatic N) is 1. The zero-order valence-corrected chi connectivity index (χ0v) is 17.4. The highest BCUT2D eigenvalue weighted by molar-refractivity contribution is 6.42. The third-order valence-corrected chi connectivity index (χ3v) is 5.04. The average Bonchev–Trinajstić information content (AvgIpc) is 2.71. The van der Waals surface area contributed by atoms with Crippen molar-refractivity contribution in [1.29, 1.82) is 0 Å². The molecule has 7 nitrogen and oxygen atoms in total. The largest absolute Gasteiger partial charge is 0.497 e. The van der Waals surface area contributed by atoms with E-state index in [2.05, 4.69) is 0 Å². The molecule has 0 aromatic heterocycles. The Morgan fingerprint density at radius 3 is 2.31 bits per heavy atom. The van der Waals surface area contributed by atoms with Crippen molar-refractivity contribution in [2.24, 2.45) is 0 Å². The minimum atomic E-state index is -1.71. The second-order valence-electron chi connectivity index (χ2n) is 6.41. The van der Waals surface area contributed by atoms with Crippen LogP contribution in [0.4, 0.5) is 4.79 Å². The molecule has 9 heteroatoms. The Morgan fingerprint density at radius 1 is 1.10 bits per heavy atom. The van der Waals surface area contributed by atoms with E-state index >= 15 is 0 Å². The highest BCUT2D eigenvalue weighted by Crippen LogP contribution is 2.31. The highest BCUT2D eigenvalue weighted by atomic mass is 35.5. The number of rotatable bonds is 10. The number of amides is 1. The number of aliphatic hydroxyl groups excluding tert-OH is 1. The molecule has 0 radical (unpaired) electrons. The molecule has 0 spiro atoms. The summed E-state index contributed by atoms with van der Waals surface area (Å²) in [5.41, 5.74) is -1.35. The van der Waals surface area contributed by atoms with Crippen LogP contribution in [0.25, 0.3) is 0 Å². The normalized spacial score (nSPS) is 12.9. The topological polar surface area (TPSA) is 99.5 Å². The molecule has 2 aromatic carbocycles. The summed E-state index contributed by atoms with van der Waals surface area (Å²) in [4.78, 5) is 12.6. The number of carbonyl (C=O) groups is 1. The molecule has 0 fully saturated rings. The molecular formula is C20H23Cl2NO6. The number of ether oxygens (including phenoxy) is 2. The molecule has 0 bridgehead atoms. The van der Waals surface area contributed by atoms with Gasteiger partial charge in [0.25, 0.3) is 0 Å². The van der Waals surface area contributed by atoms with Gasteiger partial charge in [-0.1, -0.05) is 29.3 Å². The molecule has 2 aromatic rings. The molecule has 2 rings (SSSR count). The van der Waals surface area contributed by atoms with Crippen LogP contribution in [0.2, 0.25) is 10.0 Å². The Labute approximate surface area is 179 Å². The first-order chi connectivity index (χ1) is 13.8. The molecule has 158 valence electrons. The van der Waals surface area contributed by atoms with E-state index in [1.54, 1.807) is 37.4 Å². The van der Waals surface area contributed by atoms with Crippen LogP contribution in [0.3, 0.4) is 0 Å². The van der Waals surface area contributed by atoms with E-state index in [9.17, 15) is 15.0 Å². The standard InChI is InChI=1S/C20H23Cl2NO6/c1-28-15-4-6-16(7-5-15)29-13-20(27,12-23(19(25)26)9-2-10-24)14-3-8-17(21)18(22)11-14/h3-8,11,24,27H,2,9-10,12-13H2,1H3,(H,25,26). The van der Waals surface area contributed by atoms with Crippen molar-refractivity contribution in [2.45, 2.75) is 12.0 Å². The number of aliphatic hydroxyl groups is 2. The minimum Gasteiger partial charge on any atom is -0.497 e. The van der Waals surface area contributed by atoms with E-state index in [4.69, 9.17) is 37.8 Å². The lowest BCUT2D eigenvalue weighted by Gasteiger charge is -2.33. The molecule has 29 heavy (non-hydrogen) atoms. The predicted molar refractivity (Wildman–Crippen MR) is 110 cm³/mol. The Kier molecular flexibility index (Phi) is 8.40. The number of halogens is 2. The summed E-state index contributed by atoms with van der Waals surface area (Å²) in [6, 6.07) is 11.3. The summed E-state index contributed by atoms with van der Waals surface area (Å²) in [5.74, 6) is 1.12. The molecule has 0 saturated carbocycles. The lowest BCUT2D eigenvalue weighted by atomic mass is 9.93. The second kappa shape index (κ2) is 10.5. The van der Waals surface area contributed by atoms with Crippen molar-refractivity contribution in [1.82, 2.24) is 4.90 Å². The van der Waals surface area contributed by atoms with E-state index < -0.39 is 11.7 Å². The summed E-state index contributed by atoms with van der Waals surface area (Å²) < 4.78 is 10.8. The maximum absolute atomic E-state index is 11.6. The molecule has 0 aliphatic heterocycles. The first-order valence-electron chi connectivity index (χ1n) is 8.82. The van der Waals surface area contributed by atoms with E-state index in [0.29, 0.717) is 22.1 Å². The van der Waals surface area contributed by atoms with Gasteiger partial charge in [0.05, 0.1) is 23.7 Å². The fourth-order valence-electron chi connectivity index (χ4n) is 2.70. The third kappa shape index (κ3) is 6.40. The molecule has 1 unspecified atom stereocenters. The summed E-state index contributed by atoms with van der Waals surface area (Å²) in [5, 5.41) is 30.4. The van der Waals surface area contributed by atoms with Crippen LogP contribution in [0, 0.1) is 0 Å². The quantitative estimate of drug-likeness (QED) is 0.518. The van der Waals surface area contributed by atoms with Gasteiger partial charge in [0, 0.05) is 13.2 Å². The second-order valence-corrected chi connectivity index (χ2v) is 7.22.